The van der Waals surface area contributed by atoms with Crippen LogP contribution in [0.1, 0.15) is 5.01 Å². The molecule has 0 atom stereocenters. The Morgan fingerprint density at radius 2 is 2.50 bits per heavy atom. The van der Waals surface area contributed by atoms with E-state index in [1.165, 1.54) is 13.2 Å². The van der Waals surface area contributed by atoms with Gasteiger partial charge in [-0.1, -0.05) is 0 Å². The standard InChI is InChI=1S/C7H6N2O4S/c1-13-7(10)3-2-5-8-4-6(14-5)9(11)12/h2-4H,1H3. The van der Waals surface area contributed by atoms with Gasteiger partial charge in [0.2, 0.25) is 0 Å². The molecule has 1 aromatic heterocycles. The molecule has 1 heterocycles. The molecule has 6 nitrogen and oxygen atoms in total. The number of hydrogen-bond acceptors (Lipinski definition) is 6. The molecule has 0 saturated heterocycles. The highest BCUT2D eigenvalue weighted by Crippen LogP contribution is 2.21. The maximum Gasteiger partial charge on any atom is 0.344 e. The van der Waals surface area contributed by atoms with Gasteiger partial charge in [-0.2, -0.15) is 0 Å². The third kappa shape index (κ3) is 2.63. The molecule has 0 N–H and O–H groups in total. The van der Waals surface area contributed by atoms with Gasteiger partial charge in [0.1, 0.15) is 11.2 Å². The highest BCUT2D eigenvalue weighted by molar-refractivity contribution is 7.15. The number of carbonyl (C=O) groups excluding carboxylic acids is 1. The van der Waals surface area contributed by atoms with Crippen molar-refractivity contribution in [3.05, 3.63) is 27.4 Å². The molecule has 0 spiro atoms. The molecule has 0 fully saturated rings. The third-order valence-corrected chi connectivity index (χ3v) is 2.17. The summed E-state index contributed by atoms with van der Waals surface area (Å²) in [6.07, 6.45) is 3.66. The molecule has 0 unspecified atom stereocenters. The maximum absolute atomic E-state index is 10.7. The number of methoxy groups -OCH3 is 1. The zero-order valence-corrected chi connectivity index (χ0v) is 7.98. The highest BCUT2D eigenvalue weighted by atomic mass is 32.1. The Morgan fingerprint density at radius 1 is 1.79 bits per heavy atom. The van der Waals surface area contributed by atoms with Gasteiger partial charge in [-0.3, -0.25) is 10.1 Å². The van der Waals surface area contributed by atoms with Crippen LogP contribution in [0.15, 0.2) is 12.3 Å². The summed E-state index contributed by atoms with van der Waals surface area (Å²) >= 11 is 0.889. The molecule has 0 bridgehead atoms. The van der Waals surface area contributed by atoms with Crippen LogP contribution in [0.25, 0.3) is 6.08 Å². The van der Waals surface area contributed by atoms with E-state index in [4.69, 9.17) is 0 Å². The molecule has 7 heteroatoms. The first-order chi connectivity index (χ1) is 6.63. The quantitative estimate of drug-likeness (QED) is 0.327. The van der Waals surface area contributed by atoms with E-state index in [0.717, 1.165) is 23.6 Å². The lowest BCUT2D eigenvalue weighted by molar-refractivity contribution is -0.380. The SMILES string of the molecule is COC(=O)C=Cc1ncc([N+](=O)[O-])s1. The second-order valence-electron chi connectivity index (χ2n) is 2.15. The van der Waals surface area contributed by atoms with Crippen LogP contribution in [0.2, 0.25) is 0 Å². The zero-order valence-electron chi connectivity index (χ0n) is 7.17. The molecule has 74 valence electrons. The molecular weight excluding hydrogens is 208 g/mol. The second kappa shape index (κ2) is 4.47. The van der Waals surface area contributed by atoms with Crippen LogP contribution in [0.4, 0.5) is 5.00 Å². The average Bonchev–Trinajstić information content (AvgIpc) is 2.62. The number of thiazole rings is 1. The van der Waals surface area contributed by atoms with Crippen LogP contribution in [-0.2, 0) is 9.53 Å². The van der Waals surface area contributed by atoms with Gasteiger partial charge in [0.15, 0.2) is 0 Å². The van der Waals surface area contributed by atoms with Crippen molar-refractivity contribution in [2.45, 2.75) is 0 Å². The molecule has 0 aliphatic rings. The predicted octanol–water partition coefficient (Wildman–Crippen LogP) is 1.24. The highest BCUT2D eigenvalue weighted by Gasteiger charge is 2.09. The summed E-state index contributed by atoms with van der Waals surface area (Å²) in [5.41, 5.74) is 0. The Labute approximate surface area is 83.0 Å². The van der Waals surface area contributed by atoms with Gasteiger partial charge in [0.25, 0.3) is 0 Å². The lowest BCUT2D eigenvalue weighted by Crippen LogP contribution is -1.92. The molecule has 14 heavy (non-hydrogen) atoms. The van der Waals surface area contributed by atoms with Gasteiger partial charge >= 0.3 is 11.0 Å². The number of carbonyl (C=O) groups is 1. The van der Waals surface area contributed by atoms with Gasteiger partial charge in [-0.25, -0.2) is 9.78 Å². The summed E-state index contributed by atoms with van der Waals surface area (Å²) in [4.78, 5) is 24.1. The minimum Gasteiger partial charge on any atom is -0.466 e. The summed E-state index contributed by atoms with van der Waals surface area (Å²) in [7, 11) is 1.25. The van der Waals surface area contributed by atoms with E-state index in [2.05, 4.69) is 9.72 Å². The van der Waals surface area contributed by atoms with E-state index in [-0.39, 0.29) is 5.00 Å². The molecular formula is C7H6N2O4S. The van der Waals surface area contributed by atoms with Crippen molar-refractivity contribution >= 4 is 28.4 Å². The Kier molecular flexibility index (Phi) is 3.29. The van der Waals surface area contributed by atoms with E-state index in [0.29, 0.717) is 5.01 Å². The van der Waals surface area contributed by atoms with Crippen molar-refractivity contribution in [3.8, 4) is 0 Å². The lowest BCUT2D eigenvalue weighted by Gasteiger charge is -1.86. The van der Waals surface area contributed by atoms with Gasteiger partial charge in [-0.05, 0) is 17.4 Å². The van der Waals surface area contributed by atoms with Crippen LogP contribution >= 0.6 is 11.3 Å². The molecule has 0 aliphatic heterocycles. The van der Waals surface area contributed by atoms with Crippen molar-refractivity contribution in [3.63, 3.8) is 0 Å². The number of hydrogen-bond donors (Lipinski definition) is 0. The fourth-order valence-corrected chi connectivity index (χ4v) is 1.28. The number of esters is 1. The topological polar surface area (TPSA) is 82.3 Å². The largest absolute Gasteiger partial charge is 0.466 e. The first kappa shape index (κ1) is 10.3. The van der Waals surface area contributed by atoms with E-state index in [1.807, 2.05) is 0 Å². The number of nitro groups is 1. The molecule has 1 rings (SSSR count). The molecule has 0 aliphatic carbocycles. The molecule has 1 aromatic rings. The fourth-order valence-electron chi connectivity index (χ4n) is 0.648. The monoisotopic (exact) mass is 214 g/mol. The second-order valence-corrected chi connectivity index (χ2v) is 3.19. The summed E-state index contributed by atoms with van der Waals surface area (Å²) in [6, 6.07) is 0. The third-order valence-electron chi connectivity index (χ3n) is 1.25. The van der Waals surface area contributed by atoms with Crippen LogP contribution in [0.3, 0.4) is 0 Å². The fraction of sp³-hybridized carbons (Fsp3) is 0.143. The van der Waals surface area contributed by atoms with Gasteiger partial charge in [0, 0.05) is 6.08 Å². The van der Waals surface area contributed by atoms with E-state index in [1.54, 1.807) is 0 Å². The van der Waals surface area contributed by atoms with Crippen LogP contribution in [0.5, 0.6) is 0 Å². The average molecular weight is 214 g/mol. The van der Waals surface area contributed by atoms with Crippen molar-refractivity contribution < 1.29 is 14.5 Å². The normalized spacial score (nSPS) is 10.4. The van der Waals surface area contributed by atoms with Gasteiger partial charge < -0.3 is 4.74 Å². The van der Waals surface area contributed by atoms with E-state index in [9.17, 15) is 14.9 Å². The van der Waals surface area contributed by atoms with Crippen molar-refractivity contribution in [1.29, 1.82) is 0 Å². The van der Waals surface area contributed by atoms with Crippen LogP contribution in [0, 0.1) is 10.1 Å². The summed E-state index contributed by atoms with van der Waals surface area (Å²) in [5, 5.41) is 10.6. The molecule has 0 aromatic carbocycles. The Bertz CT molecular complexity index is 385. The van der Waals surface area contributed by atoms with Crippen molar-refractivity contribution in [2.75, 3.05) is 7.11 Å². The molecule has 0 saturated carbocycles. The number of ether oxygens (including phenoxy) is 1. The molecule has 0 amide bonds. The van der Waals surface area contributed by atoms with Crippen LogP contribution in [-0.4, -0.2) is 23.0 Å². The first-order valence-electron chi connectivity index (χ1n) is 3.49. The summed E-state index contributed by atoms with van der Waals surface area (Å²) in [6.45, 7) is 0. The zero-order chi connectivity index (χ0) is 10.6. The predicted molar refractivity (Wildman–Crippen MR) is 49.8 cm³/mol. The summed E-state index contributed by atoms with van der Waals surface area (Å²) in [5.74, 6) is -0.525. The Morgan fingerprint density at radius 3 is 3.00 bits per heavy atom. The van der Waals surface area contributed by atoms with Crippen molar-refractivity contribution in [2.24, 2.45) is 0 Å². The minimum absolute atomic E-state index is 0.0606. The maximum atomic E-state index is 10.7. The lowest BCUT2D eigenvalue weighted by atomic mass is 10.5. The van der Waals surface area contributed by atoms with Gasteiger partial charge in [0.05, 0.1) is 12.0 Å². The number of aromatic nitrogens is 1. The van der Waals surface area contributed by atoms with E-state index >= 15 is 0 Å². The van der Waals surface area contributed by atoms with E-state index < -0.39 is 10.9 Å². The van der Waals surface area contributed by atoms with Crippen molar-refractivity contribution in [1.82, 2.24) is 4.98 Å². The smallest absolute Gasteiger partial charge is 0.344 e. The minimum atomic E-state index is -0.535. The number of rotatable bonds is 3. The Balaban J connectivity index is 2.73. The first-order valence-corrected chi connectivity index (χ1v) is 4.31. The Hall–Kier alpha value is -1.76. The molecule has 0 radical (unpaired) electrons. The summed E-state index contributed by atoms with van der Waals surface area (Å²) < 4.78 is 4.34. The van der Waals surface area contributed by atoms with Crippen LogP contribution < -0.4 is 0 Å². The van der Waals surface area contributed by atoms with Gasteiger partial charge in [-0.15, -0.1) is 0 Å². The number of nitrogens with zero attached hydrogens (tertiary/aromatic N) is 2.